The van der Waals surface area contributed by atoms with Gasteiger partial charge in [0.2, 0.25) is 0 Å². The third kappa shape index (κ3) is 2.79. The number of hydrogen-bond acceptors (Lipinski definition) is 4. The van der Waals surface area contributed by atoms with Crippen LogP contribution in [0.1, 0.15) is 5.56 Å². The van der Waals surface area contributed by atoms with Crippen molar-refractivity contribution < 1.29 is 19.4 Å². The van der Waals surface area contributed by atoms with Crippen molar-refractivity contribution in [2.45, 2.75) is 0 Å². The predicted octanol–water partition coefficient (Wildman–Crippen LogP) is 1.81. The van der Waals surface area contributed by atoms with Gasteiger partial charge in [-0.3, -0.25) is 0 Å². The fourth-order valence-corrected chi connectivity index (χ4v) is 2.98. The van der Waals surface area contributed by atoms with Crippen LogP contribution >= 0.6 is 0 Å². The third-order valence-corrected chi connectivity index (χ3v) is 4.61. The van der Waals surface area contributed by atoms with Gasteiger partial charge in [-0.15, -0.1) is 0 Å². The molecule has 0 saturated carbocycles. The molecule has 3 rings (SSSR count). The first-order chi connectivity index (χ1) is 11.4. The van der Waals surface area contributed by atoms with E-state index in [2.05, 4.69) is 15.6 Å². The van der Waals surface area contributed by atoms with E-state index in [1.54, 1.807) is 11.9 Å². The van der Waals surface area contributed by atoms with Gasteiger partial charge in [0.1, 0.15) is 0 Å². The molecule has 122 valence electrons. The summed E-state index contributed by atoms with van der Waals surface area (Å²) in [5.74, 6) is -0.897. The van der Waals surface area contributed by atoms with Crippen molar-refractivity contribution in [2.24, 2.45) is 0 Å². The van der Waals surface area contributed by atoms with Crippen LogP contribution in [-0.4, -0.2) is 48.3 Å². The van der Waals surface area contributed by atoms with E-state index < -0.39 is 0 Å². The van der Waals surface area contributed by atoms with Crippen molar-refractivity contribution in [3.8, 4) is 11.5 Å². The van der Waals surface area contributed by atoms with E-state index in [0.29, 0.717) is 21.6 Å². The molecule has 0 aliphatic carbocycles. The molecule has 1 heterocycles. The number of likely N-dealkylation sites (N-methyl/N-ethyl adjacent to an activating group) is 1. The van der Waals surface area contributed by atoms with Crippen LogP contribution in [0.5, 0.6) is 11.5 Å². The first-order valence-electron chi connectivity index (χ1n) is 7.00. The average Bonchev–Trinajstić information content (AvgIpc) is 2.74. The summed E-state index contributed by atoms with van der Waals surface area (Å²) in [5, 5.41) is 19.3. The fraction of sp³-hybridized carbons (Fsp3) is 0.0588. The van der Waals surface area contributed by atoms with Crippen molar-refractivity contribution >= 4 is 37.9 Å². The number of aromatic hydroxyl groups is 2. The van der Waals surface area contributed by atoms with Crippen LogP contribution in [0.15, 0.2) is 48.2 Å². The summed E-state index contributed by atoms with van der Waals surface area (Å²) in [7, 11) is 1.70. The van der Waals surface area contributed by atoms with E-state index in [1.807, 2.05) is 0 Å². The quantitative estimate of drug-likeness (QED) is 0.606. The Bertz CT molecular complexity index is 865. The first-order valence-corrected chi connectivity index (χ1v) is 7.85. The Morgan fingerprint density at radius 1 is 1.12 bits per heavy atom. The van der Waals surface area contributed by atoms with Crippen LogP contribution in [-0.2, 0) is 4.79 Å². The van der Waals surface area contributed by atoms with Crippen molar-refractivity contribution in [2.75, 3.05) is 11.9 Å². The number of hydrogen-bond donors (Lipinski definition) is 2. The molecule has 2 N–H and O–H groups in total. The predicted molar refractivity (Wildman–Crippen MR) is 90.2 cm³/mol. The Kier molecular flexibility index (Phi) is 4.13. The summed E-state index contributed by atoms with van der Waals surface area (Å²) in [6.45, 7) is 0. The second-order valence-corrected chi connectivity index (χ2v) is 6.00. The fourth-order valence-electron chi connectivity index (χ4n) is 2.38. The van der Waals surface area contributed by atoms with E-state index in [4.69, 9.17) is 0 Å². The molecule has 1 aliphatic heterocycles. The van der Waals surface area contributed by atoms with Gasteiger partial charge < -0.3 is 0 Å². The Balaban J connectivity index is 2.01. The van der Waals surface area contributed by atoms with Gasteiger partial charge in [-0.2, -0.15) is 0 Å². The number of carbonyl (C=O) groups excluding carboxylic acids is 1. The van der Waals surface area contributed by atoms with Gasteiger partial charge in [-0.05, 0) is 0 Å². The normalized spacial score (nSPS) is 16.3. The molecule has 1 aliphatic rings. The second kappa shape index (κ2) is 6.11. The van der Waals surface area contributed by atoms with Crippen LogP contribution in [0.3, 0.4) is 0 Å². The van der Waals surface area contributed by atoms with Crippen molar-refractivity contribution in [3.05, 3.63) is 59.5 Å². The number of benzene rings is 2. The number of nitrogens with zero attached hydrogens (tertiary/aromatic N) is 2. The standard InChI is InChI=1S/C17H13FN2O3Se/c1-19-14(8-10-2-7-13(21)9-15(10)22)16(23)20(17(19)24)12-5-3-11(18)4-6-12/h2-9,21-22H,1H3. The minimum absolute atomic E-state index is 0.0650. The van der Waals surface area contributed by atoms with Crippen LogP contribution in [0, 0.1) is 5.82 Å². The number of rotatable bonds is 2. The maximum absolute atomic E-state index is 13.1. The molecule has 2 aromatic carbocycles. The van der Waals surface area contributed by atoms with Crippen LogP contribution in [0.4, 0.5) is 10.1 Å². The van der Waals surface area contributed by atoms with Crippen LogP contribution in [0.2, 0.25) is 0 Å². The SMILES string of the molecule is CN1C(=[Se])N(c2ccc(F)cc2)C(=O)C1=Cc1ccc(O)cc1O. The second-order valence-electron chi connectivity index (χ2n) is 5.23. The van der Waals surface area contributed by atoms with Gasteiger partial charge in [0, 0.05) is 0 Å². The first kappa shape index (κ1) is 16.2. The number of anilines is 1. The summed E-state index contributed by atoms with van der Waals surface area (Å²) < 4.78 is 13.6. The van der Waals surface area contributed by atoms with Gasteiger partial charge in [0.05, 0.1) is 0 Å². The number of carbonyl (C=O) groups is 1. The van der Waals surface area contributed by atoms with Crippen LogP contribution < -0.4 is 4.90 Å². The molecule has 5 nitrogen and oxygen atoms in total. The molecular weight excluding hydrogens is 378 g/mol. The number of phenolic OH excluding ortho intramolecular Hbond substituents is 2. The summed E-state index contributed by atoms with van der Waals surface area (Å²) >= 11 is 2.83. The summed E-state index contributed by atoms with van der Waals surface area (Å²) in [6, 6.07) is 9.72. The molecule has 7 heteroatoms. The molecular formula is C17H13FN2O3Se. The number of phenols is 2. The van der Waals surface area contributed by atoms with Gasteiger partial charge in [-0.1, -0.05) is 0 Å². The van der Waals surface area contributed by atoms with Crippen molar-refractivity contribution in [1.29, 1.82) is 0 Å². The van der Waals surface area contributed by atoms with E-state index in [0.717, 1.165) is 0 Å². The summed E-state index contributed by atoms with van der Waals surface area (Å²) in [5.41, 5.74) is 1.26. The zero-order valence-electron chi connectivity index (χ0n) is 12.6. The summed E-state index contributed by atoms with van der Waals surface area (Å²) in [4.78, 5) is 15.8. The molecule has 0 bridgehead atoms. The molecule has 0 radical (unpaired) electrons. The van der Waals surface area contributed by atoms with E-state index in [1.165, 1.54) is 53.4 Å². The molecule has 2 aromatic rings. The molecule has 1 amide bonds. The average molecular weight is 391 g/mol. The summed E-state index contributed by atoms with van der Waals surface area (Å²) in [6.07, 6.45) is 1.53. The van der Waals surface area contributed by atoms with Gasteiger partial charge in [0.25, 0.3) is 0 Å². The third-order valence-electron chi connectivity index (χ3n) is 3.65. The Hall–Kier alpha value is -2.63. The Morgan fingerprint density at radius 3 is 2.42 bits per heavy atom. The molecule has 24 heavy (non-hydrogen) atoms. The van der Waals surface area contributed by atoms with E-state index in [9.17, 15) is 19.4 Å². The van der Waals surface area contributed by atoms with Gasteiger partial charge >= 0.3 is 145 Å². The van der Waals surface area contributed by atoms with E-state index in [-0.39, 0.29) is 23.2 Å². The Labute approximate surface area is 145 Å². The van der Waals surface area contributed by atoms with Crippen molar-refractivity contribution in [1.82, 2.24) is 4.90 Å². The monoisotopic (exact) mass is 392 g/mol. The number of amides is 1. The zero-order valence-corrected chi connectivity index (χ0v) is 14.3. The molecule has 0 atom stereocenters. The Morgan fingerprint density at radius 2 is 1.79 bits per heavy atom. The molecule has 1 fully saturated rings. The molecule has 0 aromatic heterocycles. The molecule has 0 unspecified atom stereocenters. The zero-order chi connectivity index (χ0) is 17.4. The minimum atomic E-state index is -0.384. The van der Waals surface area contributed by atoms with Crippen molar-refractivity contribution in [3.63, 3.8) is 0 Å². The van der Waals surface area contributed by atoms with Crippen LogP contribution in [0.25, 0.3) is 6.08 Å². The molecule has 1 saturated heterocycles. The number of halogens is 1. The maximum atomic E-state index is 13.1. The van der Waals surface area contributed by atoms with E-state index >= 15 is 0 Å². The van der Waals surface area contributed by atoms with Gasteiger partial charge in [-0.25, -0.2) is 0 Å². The topological polar surface area (TPSA) is 64.0 Å². The van der Waals surface area contributed by atoms with Gasteiger partial charge in [0.15, 0.2) is 0 Å². The molecule has 0 spiro atoms.